The highest BCUT2D eigenvalue weighted by molar-refractivity contribution is 5.92. The molecule has 0 fully saturated rings. The van der Waals surface area contributed by atoms with Gasteiger partial charge in [0.25, 0.3) is 0 Å². The molecule has 0 spiro atoms. The number of hydrogen-bond acceptors (Lipinski definition) is 3. The van der Waals surface area contributed by atoms with E-state index in [9.17, 15) is 9.59 Å². The van der Waals surface area contributed by atoms with Crippen LogP contribution in [0, 0.1) is 5.92 Å². The van der Waals surface area contributed by atoms with Gasteiger partial charge in [-0.25, -0.2) is 0 Å². The van der Waals surface area contributed by atoms with Crippen molar-refractivity contribution in [1.82, 2.24) is 0 Å². The third-order valence-electron chi connectivity index (χ3n) is 1.75. The molecule has 0 aliphatic heterocycles. The molecule has 0 rings (SSSR count). The normalized spacial score (nSPS) is 12.8. The van der Waals surface area contributed by atoms with Crippen LogP contribution in [-0.2, 0) is 9.59 Å². The number of rotatable bonds is 6. The maximum Gasteiger partial charge on any atom is 0.317 e. The van der Waals surface area contributed by atoms with Crippen LogP contribution in [0.2, 0.25) is 0 Å². The lowest BCUT2D eigenvalue weighted by Gasteiger charge is -2.08. The van der Waals surface area contributed by atoms with Gasteiger partial charge in [0.15, 0.2) is 5.92 Å². The van der Waals surface area contributed by atoms with E-state index >= 15 is 0 Å². The van der Waals surface area contributed by atoms with Crippen LogP contribution in [0.3, 0.4) is 0 Å². The van der Waals surface area contributed by atoms with Crippen LogP contribution >= 0.6 is 0 Å². The van der Waals surface area contributed by atoms with E-state index in [-0.39, 0.29) is 12.5 Å². The molecule has 13 heavy (non-hydrogen) atoms. The third kappa shape index (κ3) is 5.19. The molecule has 0 amide bonds. The Morgan fingerprint density at radius 3 is 2.00 bits per heavy atom. The summed E-state index contributed by atoms with van der Waals surface area (Å²) in [5, 5.41) is 17.0. The summed E-state index contributed by atoms with van der Waals surface area (Å²) in [6, 6.07) is -0.0109. The van der Waals surface area contributed by atoms with Crippen molar-refractivity contribution in [2.24, 2.45) is 11.7 Å². The lowest BCUT2D eigenvalue weighted by atomic mass is 10.0. The Balaban J connectivity index is 3.84. The highest BCUT2D eigenvalue weighted by Gasteiger charge is 2.24. The summed E-state index contributed by atoms with van der Waals surface area (Å²) in [6.45, 7) is 1.80. The smallest absolute Gasteiger partial charge is 0.317 e. The first-order valence-electron chi connectivity index (χ1n) is 4.16. The molecule has 0 aromatic carbocycles. The Morgan fingerprint density at radius 2 is 1.69 bits per heavy atom. The molecule has 0 aliphatic carbocycles. The molecule has 0 saturated heterocycles. The summed E-state index contributed by atoms with van der Waals surface area (Å²) >= 11 is 0. The Kier molecular flexibility index (Phi) is 5.06. The van der Waals surface area contributed by atoms with Gasteiger partial charge in [-0.1, -0.05) is 6.42 Å². The third-order valence-corrected chi connectivity index (χ3v) is 1.75. The summed E-state index contributed by atoms with van der Waals surface area (Å²) in [4.78, 5) is 20.8. The van der Waals surface area contributed by atoms with Crippen LogP contribution in [-0.4, -0.2) is 28.2 Å². The quantitative estimate of drug-likeness (QED) is 0.521. The van der Waals surface area contributed by atoms with E-state index < -0.39 is 17.9 Å². The molecule has 0 aromatic heterocycles. The van der Waals surface area contributed by atoms with Gasteiger partial charge in [-0.2, -0.15) is 0 Å². The summed E-state index contributed by atoms with van der Waals surface area (Å²) < 4.78 is 0. The second-order valence-corrected chi connectivity index (χ2v) is 3.14. The predicted octanol–water partition coefficient (Wildman–Crippen LogP) is 0.289. The van der Waals surface area contributed by atoms with Crippen molar-refractivity contribution in [3.8, 4) is 0 Å². The maximum atomic E-state index is 10.4. The number of carboxylic acids is 2. The number of carbonyl (C=O) groups is 2. The second kappa shape index (κ2) is 5.53. The SMILES string of the molecule is CC(N)CCCC(C(=O)O)C(=O)O. The molecule has 4 N–H and O–H groups in total. The zero-order valence-electron chi connectivity index (χ0n) is 7.56. The van der Waals surface area contributed by atoms with Gasteiger partial charge in [-0.3, -0.25) is 9.59 Å². The fraction of sp³-hybridized carbons (Fsp3) is 0.750. The van der Waals surface area contributed by atoms with E-state index in [2.05, 4.69) is 0 Å². The average molecular weight is 189 g/mol. The molecule has 1 atom stereocenters. The average Bonchev–Trinajstić information content (AvgIpc) is 1.95. The van der Waals surface area contributed by atoms with Crippen molar-refractivity contribution >= 4 is 11.9 Å². The molecule has 5 nitrogen and oxygen atoms in total. The number of nitrogens with two attached hydrogens (primary N) is 1. The summed E-state index contributed by atoms with van der Waals surface area (Å²) in [5.41, 5.74) is 5.44. The van der Waals surface area contributed by atoms with Gasteiger partial charge in [0.1, 0.15) is 0 Å². The lowest BCUT2D eigenvalue weighted by molar-refractivity contribution is -0.154. The largest absolute Gasteiger partial charge is 0.481 e. The van der Waals surface area contributed by atoms with Crippen molar-refractivity contribution in [1.29, 1.82) is 0 Å². The minimum atomic E-state index is -1.29. The Labute approximate surface area is 76.5 Å². The van der Waals surface area contributed by atoms with Gasteiger partial charge in [0.05, 0.1) is 0 Å². The van der Waals surface area contributed by atoms with Gasteiger partial charge < -0.3 is 15.9 Å². The molecule has 1 unspecified atom stereocenters. The number of aliphatic carboxylic acids is 2. The highest BCUT2D eigenvalue weighted by Crippen LogP contribution is 2.10. The molecule has 0 radical (unpaired) electrons. The van der Waals surface area contributed by atoms with Gasteiger partial charge in [-0.15, -0.1) is 0 Å². The minimum absolute atomic E-state index is 0.0109. The number of hydrogen-bond donors (Lipinski definition) is 3. The van der Waals surface area contributed by atoms with E-state index in [1.165, 1.54) is 0 Å². The zero-order chi connectivity index (χ0) is 10.4. The molecular weight excluding hydrogens is 174 g/mol. The van der Waals surface area contributed by atoms with Crippen LogP contribution < -0.4 is 5.73 Å². The fourth-order valence-electron chi connectivity index (χ4n) is 0.997. The molecule has 0 bridgehead atoms. The van der Waals surface area contributed by atoms with Crippen molar-refractivity contribution in [2.45, 2.75) is 32.2 Å². The van der Waals surface area contributed by atoms with E-state index in [4.69, 9.17) is 15.9 Å². The Morgan fingerprint density at radius 1 is 1.23 bits per heavy atom. The molecule has 0 aliphatic rings. The van der Waals surface area contributed by atoms with Crippen LogP contribution in [0.1, 0.15) is 26.2 Å². The Hall–Kier alpha value is -1.10. The zero-order valence-corrected chi connectivity index (χ0v) is 7.56. The molecule has 76 valence electrons. The summed E-state index contributed by atoms with van der Waals surface area (Å²) in [5.74, 6) is -3.85. The fourth-order valence-corrected chi connectivity index (χ4v) is 0.997. The highest BCUT2D eigenvalue weighted by atomic mass is 16.4. The van der Waals surface area contributed by atoms with Gasteiger partial charge in [0, 0.05) is 6.04 Å². The maximum absolute atomic E-state index is 10.4. The number of carboxylic acid groups (broad SMARTS) is 2. The lowest BCUT2D eigenvalue weighted by Crippen LogP contribution is -2.24. The standard InChI is InChI=1S/C8H15NO4/c1-5(9)3-2-4-6(7(10)11)8(12)13/h5-6H,2-4,9H2,1H3,(H,10,11)(H,12,13). The van der Waals surface area contributed by atoms with Crippen molar-refractivity contribution < 1.29 is 19.8 Å². The van der Waals surface area contributed by atoms with Crippen LogP contribution in [0.15, 0.2) is 0 Å². The Bertz CT molecular complexity index is 177. The van der Waals surface area contributed by atoms with Crippen molar-refractivity contribution in [3.05, 3.63) is 0 Å². The molecule has 0 saturated carbocycles. The van der Waals surface area contributed by atoms with E-state index in [0.29, 0.717) is 12.8 Å². The monoisotopic (exact) mass is 189 g/mol. The molecule has 5 heteroatoms. The second-order valence-electron chi connectivity index (χ2n) is 3.14. The van der Waals surface area contributed by atoms with E-state index in [1.807, 2.05) is 0 Å². The van der Waals surface area contributed by atoms with Crippen molar-refractivity contribution in [3.63, 3.8) is 0 Å². The minimum Gasteiger partial charge on any atom is -0.481 e. The molecule has 0 heterocycles. The summed E-state index contributed by atoms with van der Waals surface area (Å²) in [6.07, 6.45) is 1.32. The first-order chi connectivity index (χ1) is 5.95. The first kappa shape index (κ1) is 11.9. The van der Waals surface area contributed by atoms with E-state index in [0.717, 1.165) is 0 Å². The summed E-state index contributed by atoms with van der Waals surface area (Å²) in [7, 11) is 0. The van der Waals surface area contributed by atoms with Crippen LogP contribution in [0.5, 0.6) is 0 Å². The topological polar surface area (TPSA) is 101 Å². The first-order valence-corrected chi connectivity index (χ1v) is 4.16. The van der Waals surface area contributed by atoms with Crippen molar-refractivity contribution in [2.75, 3.05) is 0 Å². The predicted molar refractivity (Wildman–Crippen MR) is 46.3 cm³/mol. The molecule has 0 aromatic rings. The van der Waals surface area contributed by atoms with Crippen LogP contribution in [0.4, 0.5) is 0 Å². The molecular formula is C8H15NO4. The van der Waals surface area contributed by atoms with Gasteiger partial charge in [0.2, 0.25) is 0 Å². The van der Waals surface area contributed by atoms with Gasteiger partial charge in [-0.05, 0) is 19.8 Å². The van der Waals surface area contributed by atoms with Crippen LogP contribution in [0.25, 0.3) is 0 Å². The van der Waals surface area contributed by atoms with E-state index in [1.54, 1.807) is 6.92 Å². The van der Waals surface area contributed by atoms with Gasteiger partial charge >= 0.3 is 11.9 Å².